The minimum atomic E-state index is -0.0605. The number of carbonyl (C=O) groups excluding carboxylic acids is 1. The summed E-state index contributed by atoms with van der Waals surface area (Å²) in [5.74, 6) is 1.57. The Morgan fingerprint density at radius 1 is 1.13 bits per heavy atom. The average molecular weight is 404 g/mol. The first-order chi connectivity index (χ1) is 14.7. The predicted molar refractivity (Wildman–Crippen MR) is 113 cm³/mol. The van der Waals surface area contributed by atoms with Crippen molar-refractivity contribution in [2.75, 3.05) is 31.3 Å². The smallest absolute Gasteiger partial charge is 0.237 e. The number of anilines is 1. The van der Waals surface area contributed by atoms with Crippen molar-refractivity contribution in [3.05, 3.63) is 42.0 Å². The van der Waals surface area contributed by atoms with Crippen LogP contribution in [0.5, 0.6) is 11.5 Å². The number of ether oxygens (including phenoxy) is 2. The van der Waals surface area contributed by atoms with Gasteiger partial charge >= 0.3 is 0 Å². The van der Waals surface area contributed by atoms with Crippen molar-refractivity contribution in [1.29, 1.82) is 5.26 Å². The molecule has 3 heterocycles. The zero-order valence-electron chi connectivity index (χ0n) is 16.7. The third kappa shape index (κ3) is 3.55. The van der Waals surface area contributed by atoms with Crippen LogP contribution >= 0.6 is 0 Å². The molecule has 30 heavy (non-hydrogen) atoms. The van der Waals surface area contributed by atoms with E-state index in [-0.39, 0.29) is 24.8 Å². The van der Waals surface area contributed by atoms with Crippen LogP contribution in [0.15, 0.2) is 36.4 Å². The molecule has 2 fully saturated rings. The zero-order valence-corrected chi connectivity index (χ0v) is 16.7. The number of nitriles is 1. The highest BCUT2D eigenvalue weighted by Gasteiger charge is 2.29. The van der Waals surface area contributed by atoms with E-state index in [1.54, 1.807) is 0 Å². The second kappa shape index (κ2) is 7.88. The van der Waals surface area contributed by atoms with Gasteiger partial charge in [0.25, 0.3) is 0 Å². The lowest BCUT2D eigenvalue weighted by Crippen LogP contribution is -2.46. The molecule has 7 heteroatoms. The van der Waals surface area contributed by atoms with Crippen molar-refractivity contribution in [1.82, 2.24) is 10.6 Å². The Kier molecular flexibility index (Phi) is 4.93. The van der Waals surface area contributed by atoms with Crippen LogP contribution in [-0.4, -0.2) is 44.4 Å². The maximum atomic E-state index is 12.4. The number of fused-ring (bicyclic) bond motifs is 1. The maximum Gasteiger partial charge on any atom is 0.237 e. The van der Waals surface area contributed by atoms with E-state index in [4.69, 9.17) is 9.47 Å². The summed E-state index contributed by atoms with van der Waals surface area (Å²) < 4.78 is 10.8. The van der Waals surface area contributed by atoms with Gasteiger partial charge in [0.1, 0.15) is 6.07 Å². The molecule has 2 aromatic rings. The number of hydrogen-bond acceptors (Lipinski definition) is 6. The molecule has 0 unspecified atom stereocenters. The Labute approximate surface area is 175 Å². The van der Waals surface area contributed by atoms with Crippen molar-refractivity contribution in [3.8, 4) is 28.7 Å². The van der Waals surface area contributed by atoms with Crippen molar-refractivity contribution >= 4 is 11.6 Å². The summed E-state index contributed by atoms with van der Waals surface area (Å²) in [5.41, 5.74) is 3.50. The molecule has 2 aromatic carbocycles. The van der Waals surface area contributed by atoms with E-state index in [0.29, 0.717) is 5.56 Å². The van der Waals surface area contributed by atoms with Gasteiger partial charge in [-0.15, -0.1) is 0 Å². The predicted octanol–water partition coefficient (Wildman–Crippen LogP) is 2.40. The fourth-order valence-corrected chi connectivity index (χ4v) is 4.46. The molecule has 0 bridgehead atoms. The number of amides is 1. The van der Waals surface area contributed by atoms with Gasteiger partial charge in [-0.05, 0) is 61.2 Å². The fraction of sp³-hybridized carbons (Fsp3) is 0.391. The highest BCUT2D eigenvalue weighted by molar-refractivity contribution is 5.82. The largest absolute Gasteiger partial charge is 0.454 e. The Morgan fingerprint density at radius 3 is 2.80 bits per heavy atom. The summed E-state index contributed by atoms with van der Waals surface area (Å²) >= 11 is 0. The molecular weight excluding hydrogens is 380 g/mol. The number of rotatable bonds is 4. The summed E-state index contributed by atoms with van der Waals surface area (Å²) in [7, 11) is 0. The molecule has 0 spiro atoms. The van der Waals surface area contributed by atoms with E-state index in [9.17, 15) is 10.1 Å². The molecule has 2 N–H and O–H groups in total. The molecule has 3 aliphatic heterocycles. The number of nitrogens with zero attached hydrogens (tertiary/aromatic N) is 2. The van der Waals surface area contributed by atoms with Crippen molar-refractivity contribution in [3.63, 3.8) is 0 Å². The average Bonchev–Trinajstić information content (AvgIpc) is 3.54. The number of carbonyl (C=O) groups is 1. The van der Waals surface area contributed by atoms with Crippen LogP contribution in [0.25, 0.3) is 11.1 Å². The van der Waals surface area contributed by atoms with Gasteiger partial charge in [-0.1, -0.05) is 12.1 Å². The molecule has 0 saturated carbocycles. The summed E-state index contributed by atoms with van der Waals surface area (Å²) in [6.45, 7) is 2.69. The van der Waals surface area contributed by atoms with Gasteiger partial charge in [0.05, 0.1) is 17.3 Å². The molecule has 2 atom stereocenters. The van der Waals surface area contributed by atoms with Crippen LogP contribution in [-0.2, 0) is 4.79 Å². The Morgan fingerprint density at radius 2 is 1.97 bits per heavy atom. The van der Waals surface area contributed by atoms with Gasteiger partial charge in [0.2, 0.25) is 12.7 Å². The van der Waals surface area contributed by atoms with Crippen molar-refractivity contribution in [2.24, 2.45) is 0 Å². The molecule has 1 amide bonds. The second-order valence-corrected chi connectivity index (χ2v) is 8.00. The lowest BCUT2D eigenvalue weighted by molar-refractivity contribution is -0.123. The number of hydrogen-bond donors (Lipinski definition) is 2. The van der Waals surface area contributed by atoms with Crippen LogP contribution in [0.3, 0.4) is 0 Å². The van der Waals surface area contributed by atoms with Crippen LogP contribution in [0.4, 0.5) is 5.69 Å². The lowest BCUT2D eigenvalue weighted by Gasteiger charge is -2.21. The minimum Gasteiger partial charge on any atom is -0.454 e. The summed E-state index contributed by atoms with van der Waals surface area (Å²) in [5, 5.41) is 16.2. The summed E-state index contributed by atoms with van der Waals surface area (Å²) in [6, 6.07) is 14.1. The third-order valence-electron chi connectivity index (χ3n) is 6.08. The molecule has 0 radical (unpaired) electrons. The van der Waals surface area contributed by atoms with E-state index in [0.717, 1.165) is 67.2 Å². The van der Waals surface area contributed by atoms with Crippen molar-refractivity contribution < 1.29 is 14.3 Å². The monoisotopic (exact) mass is 404 g/mol. The molecule has 5 rings (SSSR count). The minimum absolute atomic E-state index is 0.0605. The zero-order chi connectivity index (χ0) is 20.5. The first-order valence-corrected chi connectivity index (χ1v) is 10.4. The van der Waals surface area contributed by atoms with Gasteiger partial charge in [0.15, 0.2) is 11.5 Å². The second-order valence-electron chi connectivity index (χ2n) is 8.00. The molecular formula is C23H24N4O3. The third-order valence-corrected chi connectivity index (χ3v) is 6.08. The molecule has 0 aliphatic carbocycles. The fourth-order valence-electron chi connectivity index (χ4n) is 4.46. The quantitative estimate of drug-likeness (QED) is 0.814. The van der Waals surface area contributed by atoms with Gasteiger partial charge in [0, 0.05) is 19.1 Å². The standard InChI is InChI=1S/C23H24N4O3/c24-12-17-10-15(16-4-6-21-22(11-16)30-14-29-21)3-5-20(17)27-9-7-18(13-27)26-23(28)19-2-1-8-25-19/h3-6,10-11,18-19,25H,1-2,7-9,13-14H2,(H,26,28)/t18-,19-/m0/s1. The van der Waals surface area contributed by atoms with Crippen LogP contribution in [0.2, 0.25) is 0 Å². The first kappa shape index (κ1) is 18.8. The Hall–Kier alpha value is -3.24. The Balaban J connectivity index is 1.30. The van der Waals surface area contributed by atoms with E-state index < -0.39 is 0 Å². The van der Waals surface area contributed by atoms with Gasteiger partial charge in [-0.25, -0.2) is 0 Å². The van der Waals surface area contributed by atoms with E-state index in [1.807, 2.05) is 36.4 Å². The molecule has 3 aliphatic rings. The van der Waals surface area contributed by atoms with Gasteiger partial charge in [-0.2, -0.15) is 5.26 Å². The summed E-state index contributed by atoms with van der Waals surface area (Å²) in [4.78, 5) is 14.6. The normalized spacial score (nSPS) is 22.2. The maximum absolute atomic E-state index is 12.4. The van der Waals surface area contributed by atoms with E-state index in [1.165, 1.54) is 0 Å². The highest BCUT2D eigenvalue weighted by Crippen LogP contribution is 2.37. The van der Waals surface area contributed by atoms with E-state index in [2.05, 4.69) is 21.6 Å². The van der Waals surface area contributed by atoms with Crippen molar-refractivity contribution in [2.45, 2.75) is 31.3 Å². The number of nitrogens with one attached hydrogen (secondary N) is 2. The molecule has 0 aromatic heterocycles. The first-order valence-electron chi connectivity index (χ1n) is 10.4. The highest BCUT2D eigenvalue weighted by atomic mass is 16.7. The van der Waals surface area contributed by atoms with Crippen LogP contribution < -0.4 is 25.0 Å². The van der Waals surface area contributed by atoms with E-state index >= 15 is 0 Å². The molecule has 2 saturated heterocycles. The topological polar surface area (TPSA) is 86.6 Å². The van der Waals surface area contributed by atoms with Crippen LogP contribution in [0, 0.1) is 11.3 Å². The van der Waals surface area contributed by atoms with Gasteiger partial charge < -0.3 is 25.0 Å². The Bertz CT molecular complexity index is 1010. The number of benzene rings is 2. The molecule has 7 nitrogen and oxygen atoms in total. The SMILES string of the molecule is N#Cc1cc(-c2ccc3c(c2)OCO3)ccc1N1CC[C@H](NC(=O)[C@@H]2CCCN2)C1. The molecule has 154 valence electrons. The summed E-state index contributed by atoms with van der Waals surface area (Å²) in [6.07, 6.45) is 2.84. The lowest BCUT2D eigenvalue weighted by atomic mass is 10.0. The van der Waals surface area contributed by atoms with Gasteiger partial charge in [-0.3, -0.25) is 4.79 Å². The van der Waals surface area contributed by atoms with Crippen LogP contribution in [0.1, 0.15) is 24.8 Å².